The van der Waals surface area contributed by atoms with Gasteiger partial charge in [0.2, 0.25) is 0 Å². The second kappa shape index (κ2) is 11.8. The number of carbonyl (C=O) groups excluding carboxylic acids is 2. The van der Waals surface area contributed by atoms with E-state index in [0.29, 0.717) is 48.0 Å². The van der Waals surface area contributed by atoms with Crippen LogP contribution in [0.25, 0.3) is 0 Å². The largest absolute Gasteiger partial charge is 0.465 e. The molecule has 4 bridgehead atoms. The number of rotatable bonds is 8. The summed E-state index contributed by atoms with van der Waals surface area (Å²) in [4.78, 5) is 25.1. The quantitative estimate of drug-likeness (QED) is 0.294. The van der Waals surface area contributed by atoms with E-state index >= 15 is 0 Å². The van der Waals surface area contributed by atoms with Gasteiger partial charge in [-0.3, -0.25) is 9.59 Å². The van der Waals surface area contributed by atoms with Gasteiger partial charge < -0.3 is 9.47 Å². The second-order valence-electron chi connectivity index (χ2n) is 15.2. The van der Waals surface area contributed by atoms with E-state index in [-0.39, 0.29) is 28.9 Å². The number of carbonyl (C=O) groups is 2. The summed E-state index contributed by atoms with van der Waals surface area (Å²) in [5.41, 5.74) is -0.439. The zero-order valence-electron chi connectivity index (χ0n) is 26.8. The van der Waals surface area contributed by atoms with Gasteiger partial charge in [0.1, 0.15) is 6.10 Å². The van der Waals surface area contributed by atoms with E-state index in [9.17, 15) is 9.59 Å². The van der Waals surface area contributed by atoms with Gasteiger partial charge in [-0.2, -0.15) is 0 Å². The van der Waals surface area contributed by atoms with Gasteiger partial charge in [0.05, 0.1) is 17.4 Å². The van der Waals surface area contributed by atoms with E-state index in [1.165, 1.54) is 12.8 Å². The minimum absolute atomic E-state index is 0.0196. The first-order valence-corrected chi connectivity index (χ1v) is 16.0. The molecule has 0 heterocycles. The molecule has 4 nitrogen and oxygen atoms in total. The third-order valence-electron chi connectivity index (χ3n) is 12.8. The fourth-order valence-electron chi connectivity index (χ4n) is 8.64. The molecular formula is C34H60O4. The van der Waals surface area contributed by atoms with Crippen LogP contribution in [0.1, 0.15) is 115 Å². The molecule has 0 aromatic heterocycles. The summed E-state index contributed by atoms with van der Waals surface area (Å²) < 4.78 is 11.4. The van der Waals surface area contributed by atoms with Crippen LogP contribution in [0, 0.1) is 75.9 Å². The van der Waals surface area contributed by atoms with Crippen molar-refractivity contribution < 1.29 is 19.1 Å². The van der Waals surface area contributed by atoms with Gasteiger partial charge in [-0.1, -0.05) is 68.7 Å². The normalized spacial score (nSPS) is 43.4. The van der Waals surface area contributed by atoms with Gasteiger partial charge in [0.25, 0.3) is 0 Å². The molecule has 220 valence electrons. The van der Waals surface area contributed by atoms with Crippen LogP contribution < -0.4 is 0 Å². The fourth-order valence-corrected chi connectivity index (χ4v) is 8.64. The van der Waals surface area contributed by atoms with Gasteiger partial charge in [-0.25, -0.2) is 0 Å². The Morgan fingerprint density at radius 2 is 1.21 bits per heavy atom. The molecule has 4 heteroatoms. The highest BCUT2D eigenvalue weighted by Gasteiger charge is 2.60. The summed E-state index contributed by atoms with van der Waals surface area (Å²) in [5, 5.41) is 0. The maximum Gasteiger partial charge on any atom is 0.312 e. The lowest BCUT2D eigenvalue weighted by molar-refractivity contribution is -0.168. The monoisotopic (exact) mass is 532 g/mol. The third kappa shape index (κ3) is 5.71. The van der Waals surface area contributed by atoms with Crippen molar-refractivity contribution in [2.24, 2.45) is 75.9 Å². The Morgan fingerprint density at radius 3 is 1.58 bits per heavy atom. The number of fused-ring (bicyclic) bond motifs is 4. The van der Waals surface area contributed by atoms with Crippen LogP contribution in [-0.4, -0.2) is 24.6 Å². The Kier molecular flexibility index (Phi) is 9.78. The lowest BCUT2D eigenvalue weighted by Crippen LogP contribution is -2.42. The highest BCUT2D eigenvalue weighted by Crippen LogP contribution is 2.62. The Bertz CT molecular complexity index is 832. The average Bonchev–Trinajstić information content (AvgIpc) is 3.57. The Morgan fingerprint density at radius 1 is 0.763 bits per heavy atom. The number of hydrogen-bond acceptors (Lipinski definition) is 4. The summed E-state index contributed by atoms with van der Waals surface area (Å²) in [5.74, 6) is 6.98. The van der Waals surface area contributed by atoms with Crippen LogP contribution in [0.5, 0.6) is 0 Å². The number of hydrogen-bond donors (Lipinski definition) is 0. The minimum Gasteiger partial charge on any atom is -0.465 e. The molecule has 0 spiro atoms. The molecule has 0 aromatic rings. The van der Waals surface area contributed by atoms with E-state index in [4.69, 9.17) is 9.47 Å². The molecule has 0 aromatic carbocycles. The van der Waals surface area contributed by atoms with Gasteiger partial charge >= 0.3 is 11.9 Å². The van der Waals surface area contributed by atoms with Crippen molar-refractivity contribution in [1.82, 2.24) is 0 Å². The van der Waals surface area contributed by atoms with E-state index in [1.54, 1.807) is 0 Å². The summed E-state index contributed by atoms with van der Waals surface area (Å²) in [6.45, 7) is 27.1. The fraction of sp³-hybridized carbons (Fsp3) is 0.941. The van der Waals surface area contributed by atoms with Crippen molar-refractivity contribution in [2.75, 3.05) is 6.61 Å². The van der Waals surface area contributed by atoms with E-state index < -0.39 is 0 Å². The summed E-state index contributed by atoms with van der Waals surface area (Å²) in [6, 6.07) is 0. The predicted molar refractivity (Wildman–Crippen MR) is 155 cm³/mol. The molecule has 4 aliphatic carbocycles. The molecule has 38 heavy (non-hydrogen) atoms. The van der Waals surface area contributed by atoms with E-state index in [2.05, 4.69) is 76.2 Å². The Labute approximate surface area is 234 Å². The first kappa shape index (κ1) is 31.5. The minimum atomic E-state index is -0.235. The molecule has 13 atom stereocenters. The average molecular weight is 533 g/mol. The SMILES string of the molecule is CC(C)C(C)C(C)OC(=O)C1(C)CC2CC1C(C)C2C.CCC(C)COC(=O)C1(C)CC2CC1C(C)C2C. The molecule has 4 aliphatic rings. The molecule has 0 amide bonds. The molecule has 4 rings (SSSR count). The third-order valence-corrected chi connectivity index (χ3v) is 12.8. The van der Waals surface area contributed by atoms with Crippen molar-refractivity contribution in [3.63, 3.8) is 0 Å². The van der Waals surface area contributed by atoms with Crippen molar-refractivity contribution in [2.45, 2.75) is 121 Å². The Hall–Kier alpha value is -1.06. The van der Waals surface area contributed by atoms with Crippen LogP contribution in [-0.2, 0) is 19.1 Å². The lowest BCUT2D eigenvalue weighted by Gasteiger charge is -2.39. The van der Waals surface area contributed by atoms with Crippen LogP contribution >= 0.6 is 0 Å². The number of esters is 2. The smallest absolute Gasteiger partial charge is 0.312 e. The summed E-state index contributed by atoms with van der Waals surface area (Å²) in [6.07, 6.45) is 5.63. The highest BCUT2D eigenvalue weighted by molar-refractivity contribution is 5.78. The standard InChI is InChI=1S/C18H32O2.C16H28O2/c1-10(2)11(3)14(6)20-17(19)18(7)9-15-8-16(18)13(5)12(15)4;1-6-10(2)9-18-15(17)16(5)8-13-7-14(16)12(4)11(13)3/h10-16H,8-9H2,1-7H3;10-14H,6-9H2,1-5H3. The van der Waals surface area contributed by atoms with Gasteiger partial charge in [0, 0.05) is 0 Å². The first-order valence-electron chi connectivity index (χ1n) is 16.0. The van der Waals surface area contributed by atoms with Crippen LogP contribution in [0.3, 0.4) is 0 Å². The lowest BCUT2D eigenvalue weighted by atomic mass is 9.67. The molecule has 4 saturated carbocycles. The van der Waals surface area contributed by atoms with E-state index in [0.717, 1.165) is 42.9 Å². The van der Waals surface area contributed by atoms with Gasteiger partial charge in [-0.15, -0.1) is 0 Å². The molecule has 4 fully saturated rings. The van der Waals surface area contributed by atoms with E-state index in [1.807, 2.05) is 6.92 Å². The second-order valence-corrected chi connectivity index (χ2v) is 15.2. The first-order chi connectivity index (χ1) is 17.6. The molecule has 0 saturated heterocycles. The van der Waals surface area contributed by atoms with Crippen molar-refractivity contribution in [1.29, 1.82) is 0 Å². The summed E-state index contributed by atoms with van der Waals surface area (Å²) >= 11 is 0. The van der Waals surface area contributed by atoms with Crippen LogP contribution in [0.2, 0.25) is 0 Å². The molecule has 0 N–H and O–H groups in total. The molecule has 0 aliphatic heterocycles. The Balaban J connectivity index is 0.000000212. The van der Waals surface area contributed by atoms with Crippen LogP contribution in [0.15, 0.2) is 0 Å². The maximum absolute atomic E-state index is 12.7. The molecule has 13 unspecified atom stereocenters. The highest BCUT2D eigenvalue weighted by atomic mass is 16.5. The van der Waals surface area contributed by atoms with Crippen molar-refractivity contribution >= 4 is 11.9 Å². The maximum atomic E-state index is 12.7. The molecular weight excluding hydrogens is 472 g/mol. The van der Waals surface area contributed by atoms with Crippen molar-refractivity contribution in [3.8, 4) is 0 Å². The topological polar surface area (TPSA) is 52.6 Å². The predicted octanol–water partition coefficient (Wildman–Crippen LogP) is 8.42. The van der Waals surface area contributed by atoms with Gasteiger partial charge in [-0.05, 0) is 112 Å². The van der Waals surface area contributed by atoms with Gasteiger partial charge in [0.15, 0.2) is 0 Å². The molecule has 0 radical (unpaired) electrons. The van der Waals surface area contributed by atoms with Crippen LogP contribution in [0.4, 0.5) is 0 Å². The van der Waals surface area contributed by atoms with Crippen molar-refractivity contribution in [3.05, 3.63) is 0 Å². The zero-order valence-corrected chi connectivity index (χ0v) is 26.8. The summed E-state index contributed by atoms with van der Waals surface area (Å²) in [7, 11) is 0. The number of ether oxygens (including phenoxy) is 2. The zero-order chi connectivity index (χ0) is 28.7.